The third-order valence-electron chi connectivity index (χ3n) is 3.78. The zero-order chi connectivity index (χ0) is 13.3. The van der Waals surface area contributed by atoms with Gasteiger partial charge in [-0.05, 0) is 19.3 Å². The van der Waals surface area contributed by atoms with Gasteiger partial charge in [0.05, 0.1) is 5.41 Å². The Bertz CT molecular complexity index is 372. The van der Waals surface area contributed by atoms with E-state index in [4.69, 9.17) is 4.74 Å². The van der Waals surface area contributed by atoms with E-state index in [0.717, 1.165) is 17.7 Å². The molecule has 3 amide bonds. The van der Waals surface area contributed by atoms with E-state index < -0.39 is 0 Å². The van der Waals surface area contributed by atoms with E-state index in [0.29, 0.717) is 13.0 Å². The standard InChI is InChI=1S/C12H18N2O4/c1-13-9(15)7-14(8-10(13)16)11(17)12(3-4-12)5-6-18-2/h3-8H2,1-2H3. The van der Waals surface area contributed by atoms with Crippen LogP contribution in [0.15, 0.2) is 0 Å². The van der Waals surface area contributed by atoms with Gasteiger partial charge in [-0.1, -0.05) is 0 Å². The van der Waals surface area contributed by atoms with Crippen molar-refractivity contribution >= 4 is 17.7 Å². The molecule has 0 aromatic carbocycles. The Morgan fingerprint density at radius 3 is 2.28 bits per heavy atom. The van der Waals surface area contributed by atoms with Crippen molar-refractivity contribution in [3.05, 3.63) is 0 Å². The predicted molar refractivity (Wildman–Crippen MR) is 62.5 cm³/mol. The minimum atomic E-state index is -0.382. The average molecular weight is 254 g/mol. The Balaban J connectivity index is 2.02. The van der Waals surface area contributed by atoms with E-state index in [9.17, 15) is 14.4 Å². The molecule has 0 radical (unpaired) electrons. The molecule has 1 saturated heterocycles. The Labute approximate surface area is 106 Å². The highest BCUT2D eigenvalue weighted by molar-refractivity contribution is 6.03. The maximum absolute atomic E-state index is 12.3. The molecule has 0 spiro atoms. The van der Waals surface area contributed by atoms with Crippen molar-refractivity contribution in [2.45, 2.75) is 19.3 Å². The molecule has 18 heavy (non-hydrogen) atoms. The molecule has 6 nitrogen and oxygen atoms in total. The van der Waals surface area contributed by atoms with E-state index in [1.807, 2.05) is 0 Å². The number of hydrogen-bond acceptors (Lipinski definition) is 4. The second-order valence-electron chi connectivity index (χ2n) is 5.03. The molecule has 2 rings (SSSR count). The molecular weight excluding hydrogens is 236 g/mol. The van der Waals surface area contributed by atoms with Crippen molar-refractivity contribution in [1.82, 2.24) is 9.80 Å². The maximum Gasteiger partial charge on any atom is 0.248 e. The van der Waals surface area contributed by atoms with E-state index in [-0.39, 0.29) is 36.2 Å². The van der Waals surface area contributed by atoms with E-state index in [2.05, 4.69) is 0 Å². The topological polar surface area (TPSA) is 66.9 Å². The number of methoxy groups -OCH3 is 1. The SMILES string of the molecule is COCCC1(C(=O)N2CC(=O)N(C)C(=O)C2)CC1. The highest BCUT2D eigenvalue weighted by atomic mass is 16.5. The number of rotatable bonds is 4. The number of carbonyl (C=O) groups is 3. The third-order valence-corrected chi connectivity index (χ3v) is 3.78. The zero-order valence-electron chi connectivity index (χ0n) is 10.8. The number of likely N-dealkylation sites (N-methyl/N-ethyl adjacent to an activating group) is 1. The number of amides is 3. The summed E-state index contributed by atoms with van der Waals surface area (Å²) in [6.45, 7) is 0.549. The van der Waals surface area contributed by atoms with Gasteiger partial charge in [-0.2, -0.15) is 0 Å². The lowest BCUT2D eigenvalue weighted by Gasteiger charge is -2.32. The van der Waals surface area contributed by atoms with Gasteiger partial charge in [0.1, 0.15) is 13.1 Å². The van der Waals surface area contributed by atoms with Gasteiger partial charge in [0.15, 0.2) is 0 Å². The second kappa shape index (κ2) is 4.68. The molecule has 0 aromatic rings. The summed E-state index contributed by atoms with van der Waals surface area (Å²) >= 11 is 0. The fraction of sp³-hybridized carbons (Fsp3) is 0.750. The molecule has 1 heterocycles. The van der Waals surface area contributed by atoms with Crippen LogP contribution in [0.2, 0.25) is 0 Å². The summed E-state index contributed by atoms with van der Waals surface area (Å²) in [7, 11) is 3.05. The van der Waals surface area contributed by atoms with Crippen molar-refractivity contribution in [1.29, 1.82) is 0 Å². The summed E-state index contributed by atoms with van der Waals surface area (Å²) in [6, 6.07) is 0. The summed E-state index contributed by atoms with van der Waals surface area (Å²) in [6.07, 6.45) is 2.31. The van der Waals surface area contributed by atoms with Crippen LogP contribution in [0.3, 0.4) is 0 Å². The smallest absolute Gasteiger partial charge is 0.248 e. The maximum atomic E-state index is 12.3. The molecule has 0 N–H and O–H groups in total. The van der Waals surface area contributed by atoms with Gasteiger partial charge < -0.3 is 9.64 Å². The van der Waals surface area contributed by atoms with Crippen molar-refractivity contribution in [2.75, 3.05) is 33.9 Å². The van der Waals surface area contributed by atoms with Crippen LogP contribution in [0.25, 0.3) is 0 Å². The van der Waals surface area contributed by atoms with Crippen LogP contribution >= 0.6 is 0 Å². The molecule has 0 atom stereocenters. The number of ether oxygens (including phenoxy) is 1. The number of carbonyl (C=O) groups excluding carboxylic acids is 3. The number of piperazine rings is 1. The molecule has 1 saturated carbocycles. The number of nitrogens with zero attached hydrogens (tertiary/aromatic N) is 2. The van der Waals surface area contributed by atoms with Crippen LogP contribution in [-0.2, 0) is 19.1 Å². The molecule has 1 aliphatic carbocycles. The van der Waals surface area contributed by atoms with Crippen molar-refractivity contribution in [2.24, 2.45) is 5.41 Å². The summed E-state index contributed by atoms with van der Waals surface area (Å²) in [5.41, 5.74) is -0.382. The molecule has 2 fully saturated rings. The van der Waals surface area contributed by atoms with Crippen LogP contribution < -0.4 is 0 Å². The van der Waals surface area contributed by atoms with E-state index in [1.165, 1.54) is 11.9 Å². The van der Waals surface area contributed by atoms with Crippen LogP contribution in [0.4, 0.5) is 0 Å². The second-order valence-corrected chi connectivity index (χ2v) is 5.03. The van der Waals surface area contributed by atoms with Gasteiger partial charge in [-0.25, -0.2) is 0 Å². The molecule has 0 bridgehead atoms. The van der Waals surface area contributed by atoms with Gasteiger partial charge in [-0.3, -0.25) is 19.3 Å². The number of hydrogen-bond donors (Lipinski definition) is 0. The van der Waals surface area contributed by atoms with Crippen LogP contribution in [-0.4, -0.2) is 61.4 Å². The lowest BCUT2D eigenvalue weighted by Crippen LogP contribution is -2.55. The summed E-state index contributed by atoms with van der Waals surface area (Å²) in [5.74, 6) is -0.710. The lowest BCUT2D eigenvalue weighted by atomic mass is 10.0. The first-order chi connectivity index (χ1) is 8.50. The van der Waals surface area contributed by atoms with Gasteiger partial charge in [0.2, 0.25) is 17.7 Å². The molecular formula is C12H18N2O4. The fourth-order valence-electron chi connectivity index (χ4n) is 2.23. The van der Waals surface area contributed by atoms with Crippen LogP contribution in [0.1, 0.15) is 19.3 Å². The Hall–Kier alpha value is -1.43. The highest BCUT2D eigenvalue weighted by Crippen LogP contribution is 2.50. The molecule has 0 unspecified atom stereocenters. The van der Waals surface area contributed by atoms with Crippen LogP contribution in [0, 0.1) is 5.41 Å². The van der Waals surface area contributed by atoms with Gasteiger partial charge in [-0.15, -0.1) is 0 Å². The van der Waals surface area contributed by atoms with E-state index >= 15 is 0 Å². The Morgan fingerprint density at radius 1 is 1.28 bits per heavy atom. The van der Waals surface area contributed by atoms with Gasteiger partial charge in [0.25, 0.3) is 0 Å². The Kier molecular flexibility index (Phi) is 3.38. The first kappa shape index (κ1) is 13.0. The first-order valence-electron chi connectivity index (χ1n) is 6.08. The monoisotopic (exact) mass is 254 g/mol. The normalized spacial score (nSPS) is 22.3. The summed E-state index contributed by atoms with van der Waals surface area (Å²) in [4.78, 5) is 37.9. The van der Waals surface area contributed by atoms with Crippen molar-refractivity contribution < 1.29 is 19.1 Å². The molecule has 1 aliphatic heterocycles. The van der Waals surface area contributed by atoms with Crippen molar-refractivity contribution in [3.63, 3.8) is 0 Å². The average Bonchev–Trinajstić information content (AvgIpc) is 3.13. The lowest BCUT2D eigenvalue weighted by molar-refractivity contribution is -0.157. The minimum absolute atomic E-state index is 0.00973. The summed E-state index contributed by atoms with van der Waals surface area (Å²) in [5, 5.41) is 0. The largest absolute Gasteiger partial charge is 0.385 e. The molecule has 2 aliphatic rings. The third kappa shape index (κ3) is 2.25. The molecule has 0 aromatic heterocycles. The Morgan fingerprint density at radius 2 is 1.83 bits per heavy atom. The van der Waals surface area contributed by atoms with Crippen LogP contribution in [0.5, 0.6) is 0 Å². The van der Waals surface area contributed by atoms with Crippen molar-refractivity contribution in [3.8, 4) is 0 Å². The number of imide groups is 1. The predicted octanol–water partition coefficient (Wildman–Crippen LogP) is -0.370. The fourth-order valence-corrected chi connectivity index (χ4v) is 2.23. The quantitative estimate of drug-likeness (QED) is 0.642. The highest BCUT2D eigenvalue weighted by Gasteiger charge is 2.52. The van der Waals surface area contributed by atoms with Gasteiger partial charge in [0, 0.05) is 20.8 Å². The molecule has 100 valence electrons. The summed E-state index contributed by atoms with van der Waals surface area (Å²) < 4.78 is 5.00. The van der Waals surface area contributed by atoms with E-state index in [1.54, 1.807) is 7.11 Å². The van der Waals surface area contributed by atoms with Gasteiger partial charge >= 0.3 is 0 Å². The minimum Gasteiger partial charge on any atom is -0.385 e. The zero-order valence-corrected chi connectivity index (χ0v) is 10.8. The molecule has 6 heteroatoms. The first-order valence-corrected chi connectivity index (χ1v) is 6.08.